The molecule has 0 amide bonds. The van der Waals surface area contributed by atoms with E-state index in [1.807, 2.05) is 6.29 Å². The molecule has 1 radical (unpaired) electrons. The van der Waals surface area contributed by atoms with E-state index in [-0.39, 0.29) is 0 Å². The molecule has 0 saturated carbocycles. The van der Waals surface area contributed by atoms with Gasteiger partial charge in [0.05, 0.1) is 0 Å². The van der Waals surface area contributed by atoms with Crippen LogP contribution >= 0.6 is 0 Å². The zero-order valence-corrected chi connectivity index (χ0v) is 6.14. The van der Waals surface area contributed by atoms with E-state index < -0.39 is 0 Å². The Kier molecular flexibility index (Phi) is 7.79. The van der Waals surface area contributed by atoms with Gasteiger partial charge < -0.3 is 4.79 Å². The van der Waals surface area contributed by atoms with Gasteiger partial charge in [-0.3, -0.25) is 4.79 Å². The molecule has 0 aliphatic carbocycles. The van der Waals surface area contributed by atoms with Crippen molar-refractivity contribution in [2.45, 2.75) is 38.5 Å². The number of hydrogen-bond acceptors (Lipinski definition) is 2. The van der Waals surface area contributed by atoms with E-state index in [1.165, 1.54) is 0 Å². The third-order valence-electron chi connectivity index (χ3n) is 1.35. The first kappa shape index (κ1) is 9.34. The van der Waals surface area contributed by atoms with Crippen molar-refractivity contribution >= 4 is 12.6 Å². The summed E-state index contributed by atoms with van der Waals surface area (Å²) in [4.78, 5) is 19.5. The van der Waals surface area contributed by atoms with Crippen LogP contribution in [0.2, 0.25) is 0 Å². The molecule has 0 saturated heterocycles. The number of unbranched alkanes of at least 4 members (excludes halogenated alkanes) is 5. The fraction of sp³-hybridized carbons (Fsp3) is 0.750. The van der Waals surface area contributed by atoms with Crippen LogP contribution in [0.3, 0.4) is 0 Å². The molecule has 0 bridgehead atoms. The Balaban J connectivity index is 2.76. The Bertz CT molecular complexity index is 77.3. The van der Waals surface area contributed by atoms with Crippen LogP contribution in [0.25, 0.3) is 0 Å². The molecule has 0 spiro atoms. The summed E-state index contributed by atoms with van der Waals surface area (Å²) in [6.07, 6.45) is 7.96. The standard InChI is InChI=1S/C8H13O2/c9-7-5-3-1-2-4-6-8-10/h7H,1-6H2. The number of aldehydes is 1. The van der Waals surface area contributed by atoms with Gasteiger partial charge in [0.25, 0.3) is 0 Å². The number of carbonyl (C=O) groups excluding carboxylic acids is 2. The molecule has 0 fully saturated rings. The van der Waals surface area contributed by atoms with Gasteiger partial charge >= 0.3 is 0 Å². The fourth-order valence-electron chi connectivity index (χ4n) is 0.778. The van der Waals surface area contributed by atoms with Crippen LogP contribution in [0.5, 0.6) is 0 Å². The van der Waals surface area contributed by atoms with Crippen LogP contribution in [-0.4, -0.2) is 12.6 Å². The Morgan fingerprint density at radius 1 is 1.10 bits per heavy atom. The molecule has 0 aromatic heterocycles. The molecule has 0 rings (SSSR count). The summed E-state index contributed by atoms with van der Waals surface area (Å²) in [6, 6.07) is 0. The Morgan fingerprint density at radius 3 is 2.40 bits per heavy atom. The van der Waals surface area contributed by atoms with Crippen LogP contribution in [-0.2, 0) is 9.59 Å². The maximum Gasteiger partial charge on any atom is 0.198 e. The van der Waals surface area contributed by atoms with Gasteiger partial charge in [-0.2, -0.15) is 0 Å². The van der Waals surface area contributed by atoms with Crippen LogP contribution in [0.15, 0.2) is 0 Å². The lowest BCUT2D eigenvalue weighted by molar-refractivity contribution is -0.107. The normalized spacial score (nSPS) is 9.20. The van der Waals surface area contributed by atoms with Gasteiger partial charge in [0.15, 0.2) is 6.29 Å². The Labute approximate surface area is 61.6 Å². The summed E-state index contributed by atoms with van der Waals surface area (Å²) in [6.45, 7) is 0. The highest BCUT2D eigenvalue weighted by atomic mass is 16.1. The van der Waals surface area contributed by atoms with Gasteiger partial charge in [-0.15, -0.1) is 0 Å². The van der Waals surface area contributed by atoms with Crippen molar-refractivity contribution < 1.29 is 9.59 Å². The summed E-state index contributed by atoms with van der Waals surface area (Å²) in [5.41, 5.74) is 0. The first-order valence-corrected chi connectivity index (χ1v) is 3.70. The van der Waals surface area contributed by atoms with Crippen LogP contribution in [0.4, 0.5) is 0 Å². The zero-order valence-electron chi connectivity index (χ0n) is 6.14. The molecule has 0 heterocycles. The van der Waals surface area contributed by atoms with Crippen LogP contribution < -0.4 is 0 Å². The molecular weight excluding hydrogens is 128 g/mol. The minimum atomic E-state index is 0.543. The van der Waals surface area contributed by atoms with Crippen molar-refractivity contribution in [3.63, 3.8) is 0 Å². The van der Waals surface area contributed by atoms with Gasteiger partial charge in [-0.05, 0) is 12.8 Å². The highest BCUT2D eigenvalue weighted by Gasteiger charge is 1.88. The predicted molar refractivity (Wildman–Crippen MR) is 39.5 cm³/mol. The second-order valence-electron chi connectivity index (χ2n) is 2.26. The first-order chi connectivity index (χ1) is 4.91. The Morgan fingerprint density at radius 2 is 1.80 bits per heavy atom. The lowest BCUT2D eigenvalue weighted by Crippen LogP contribution is -1.80. The van der Waals surface area contributed by atoms with E-state index in [4.69, 9.17) is 0 Å². The van der Waals surface area contributed by atoms with Crippen LogP contribution in [0, 0.1) is 0 Å². The minimum absolute atomic E-state index is 0.543. The first-order valence-electron chi connectivity index (χ1n) is 3.70. The molecule has 2 heteroatoms. The Hall–Kier alpha value is -0.660. The quantitative estimate of drug-likeness (QED) is 0.399. The van der Waals surface area contributed by atoms with Crippen molar-refractivity contribution in [1.29, 1.82) is 0 Å². The topological polar surface area (TPSA) is 34.1 Å². The summed E-state index contributed by atoms with van der Waals surface area (Å²) in [5, 5.41) is 0. The smallest absolute Gasteiger partial charge is 0.198 e. The van der Waals surface area contributed by atoms with E-state index >= 15 is 0 Å². The fourth-order valence-corrected chi connectivity index (χ4v) is 0.778. The van der Waals surface area contributed by atoms with Gasteiger partial charge in [0, 0.05) is 12.8 Å². The minimum Gasteiger partial charge on any atom is -0.303 e. The second-order valence-corrected chi connectivity index (χ2v) is 2.26. The largest absolute Gasteiger partial charge is 0.303 e. The second kappa shape index (κ2) is 8.34. The van der Waals surface area contributed by atoms with Crippen molar-refractivity contribution in [2.75, 3.05) is 0 Å². The summed E-state index contributed by atoms with van der Waals surface area (Å²) < 4.78 is 0. The lowest BCUT2D eigenvalue weighted by Gasteiger charge is -1.92. The highest BCUT2D eigenvalue weighted by molar-refractivity contribution is 5.50. The highest BCUT2D eigenvalue weighted by Crippen LogP contribution is 2.02. The van der Waals surface area contributed by atoms with Gasteiger partial charge in [0.2, 0.25) is 0 Å². The number of carbonyl (C=O) groups is 1. The molecule has 57 valence electrons. The SMILES string of the molecule is O=[C]CCCCCCC=O. The van der Waals surface area contributed by atoms with Crippen molar-refractivity contribution in [3.8, 4) is 0 Å². The maximum absolute atomic E-state index is 9.83. The van der Waals surface area contributed by atoms with Crippen molar-refractivity contribution in [2.24, 2.45) is 0 Å². The molecule has 0 N–H and O–H groups in total. The van der Waals surface area contributed by atoms with Crippen molar-refractivity contribution in [1.82, 2.24) is 0 Å². The molecule has 0 aliphatic heterocycles. The molecular formula is C8H13O2. The maximum atomic E-state index is 9.83. The average Bonchev–Trinajstić information content (AvgIpc) is 1.97. The molecule has 2 nitrogen and oxygen atoms in total. The van der Waals surface area contributed by atoms with Gasteiger partial charge in [-0.25, -0.2) is 0 Å². The lowest BCUT2D eigenvalue weighted by atomic mass is 10.1. The predicted octanol–water partition coefficient (Wildman–Crippen LogP) is 1.64. The third-order valence-corrected chi connectivity index (χ3v) is 1.35. The summed E-state index contributed by atoms with van der Waals surface area (Å²) in [5.74, 6) is 0. The zero-order chi connectivity index (χ0) is 7.66. The van der Waals surface area contributed by atoms with Gasteiger partial charge in [0.1, 0.15) is 6.29 Å². The monoisotopic (exact) mass is 141 g/mol. The van der Waals surface area contributed by atoms with E-state index in [0.29, 0.717) is 12.8 Å². The molecule has 10 heavy (non-hydrogen) atoms. The number of hydrogen-bond donors (Lipinski definition) is 0. The molecule has 0 aliphatic rings. The molecule has 0 aromatic carbocycles. The van der Waals surface area contributed by atoms with E-state index in [2.05, 4.69) is 0 Å². The van der Waals surface area contributed by atoms with Gasteiger partial charge in [-0.1, -0.05) is 12.8 Å². The summed E-state index contributed by atoms with van der Waals surface area (Å²) in [7, 11) is 0. The molecule has 0 atom stereocenters. The van der Waals surface area contributed by atoms with E-state index in [1.54, 1.807) is 0 Å². The average molecular weight is 141 g/mol. The van der Waals surface area contributed by atoms with E-state index in [0.717, 1.165) is 32.0 Å². The van der Waals surface area contributed by atoms with E-state index in [9.17, 15) is 9.59 Å². The third kappa shape index (κ3) is 7.34. The number of rotatable bonds is 7. The van der Waals surface area contributed by atoms with Crippen LogP contribution in [0.1, 0.15) is 38.5 Å². The molecule has 0 unspecified atom stereocenters. The molecule has 0 aromatic rings. The van der Waals surface area contributed by atoms with Crippen molar-refractivity contribution in [3.05, 3.63) is 0 Å². The summed E-state index contributed by atoms with van der Waals surface area (Å²) >= 11 is 0.